The number of aromatic nitrogens is 1. The Morgan fingerprint density at radius 2 is 2.21 bits per heavy atom. The molecule has 0 fully saturated rings. The predicted octanol–water partition coefficient (Wildman–Crippen LogP) is 2.37. The first-order valence-electron chi connectivity index (χ1n) is 8.32. The van der Waals surface area contributed by atoms with Crippen LogP contribution in [0.25, 0.3) is 10.9 Å². The molecule has 24 heavy (non-hydrogen) atoms. The SMILES string of the molecule is CCOC(=O)c1c(C)[nH]c2ccc3c(c12)CN(CCN(C)C)CO3. The van der Waals surface area contributed by atoms with E-state index in [1.165, 1.54) is 0 Å². The predicted molar refractivity (Wildman–Crippen MR) is 93.5 cm³/mol. The molecule has 0 amide bonds. The monoisotopic (exact) mass is 331 g/mol. The molecule has 2 heterocycles. The highest BCUT2D eigenvalue weighted by atomic mass is 16.5. The maximum absolute atomic E-state index is 12.4. The molecule has 1 N–H and O–H groups in total. The van der Waals surface area contributed by atoms with Crippen molar-refractivity contribution in [1.82, 2.24) is 14.8 Å². The Morgan fingerprint density at radius 3 is 2.92 bits per heavy atom. The number of fused-ring (bicyclic) bond motifs is 3. The van der Waals surface area contributed by atoms with Crippen molar-refractivity contribution in [1.29, 1.82) is 0 Å². The molecule has 6 heteroatoms. The lowest BCUT2D eigenvalue weighted by Crippen LogP contribution is -2.37. The standard InChI is InChI=1S/C18H25N3O3/c1-5-23-18(22)16-12(2)19-14-6-7-15-13(17(14)16)10-21(11-24-15)9-8-20(3)4/h6-7,19H,5,8-11H2,1-4H3. The maximum Gasteiger partial charge on any atom is 0.340 e. The quantitative estimate of drug-likeness (QED) is 0.853. The summed E-state index contributed by atoms with van der Waals surface area (Å²) in [4.78, 5) is 20.1. The van der Waals surface area contributed by atoms with Gasteiger partial charge in [-0.2, -0.15) is 0 Å². The van der Waals surface area contributed by atoms with Crippen LogP contribution in [0.4, 0.5) is 0 Å². The van der Waals surface area contributed by atoms with Crippen molar-refractivity contribution in [3.8, 4) is 5.75 Å². The number of ether oxygens (including phenoxy) is 2. The topological polar surface area (TPSA) is 57.8 Å². The first-order valence-corrected chi connectivity index (χ1v) is 8.32. The molecule has 1 aliphatic heterocycles. The Labute approximate surface area is 142 Å². The Balaban J connectivity index is 2.01. The number of benzene rings is 1. The Hall–Kier alpha value is -2.05. The summed E-state index contributed by atoms with van der Waals surface area (Å²) in [5, 5.41) is 0.929. The van der Waals surface area contributed by atoms with Crippen molar-refractivity contribution in [2.75, 3.05) is 40.5 Å². The second kappa shape index (κ2) is 6.83. The second-order valence-electron chi connectivity index (χ2n) is 6.44. The van der Waals surface area contributed by atoms with Gasteiger partial charge in [0.25, 0.3) is 0 Å². The molecule has 0 atom stereocenters. The number of aromatic amines is 1. The van der Waals surface area contributed by atoms with Gasteiger partial charge in [0.15, 0.2) is 0 Å². The molecule has 2 aromatic rings. The number of hydrogen-bond donors (Lipinski definition) is 1. The zero-order valence-corrected chi connectivity index (χ0v) is 14.8. The average molecular weight is 331 g/mol. The van der Waals surface area contributed by atoms with Crippen LogP contribution in [-0.4, -0.2) is 61.3 Å². The lowest BCUT2D eigenvalue weighted by Gasteiger charge is -2.30. The van der Waals surface area contributed by atoms with Gasteiger partial charge in [0.2, 0.25) is 0 Å². The van der Waals surface area contributed by atoms with Crippen LogP contribution >= 0.6 is 0 Å². The van der Waals surface area contributed by atoms with Gasteiger partial charge in [-0.25, -0.2) is 4.79 Å². The van der Waals surface area contributed by atoms with E-state index < -0.39 is 0 Å². The molecule has 0 aliphatic carbocycles. The summed E-state index contributed by atoms with van der Waals surface area (Å²) < 4.78 is 11.2. The summed E-state index contributed by atoms with van der Waals surface area (Å²) in [6.07, 6.45) is 0. The van der Waals surface area contributed by atoms with Gasteiger partial charge in [0, 0.05) is 41.8 Å². The van der Waals surface area contributed by atoms with E-state index >= 15 is 0 Å². The fourth-order valence-electron chi connectivity index (χ4n) is 3.14. The smallest absolute Gasteiger partial charge is 0.340 e. The van der Waals surface area contributed by atoms with E-state index in [-0.39, 0.29) is 5.97 Å². The number of H-pyrrole nitrogens is 1. The molecule has 1 aromatic heterocycles. The largest absolute Gasteiger partial charge is 0.478 e. The number of likely N-dealkylation sites (N-methyl/N-ethyl adjacent to an activating group) is 1. The van der Waals surface area contributed by atoms with E-state index in [9.17, 15) is 4.79 Å². The average Bonchev–Trinajstić information content (AvgIpc) is 2.89. The van der Waals surface area contributed by atoms with Gasteiger partial charge in [0.05, 0.1) is 12.2 Å². The van der Waals surface area contributed by atoms with E-state index in [1.807, 2.05) is 26.0 Å². The van der Waals surface area contributed by atoms with Crippen LogP contribution in [0.3, 0.4) is 0 Å². The number of hydrogen-bond acceptors (Lipinski definition) is 5. The molecule has 6 nitrogen and oxygen atoms in total. The normalized spacial score (nSPS) is 14.7. The van der Waals surface area contributed by atoms with Gasteiger partial charge < -0.3 is 19.4 Å². The van der Waals surface area contributed by atoms with Crippen LogP contribution in [0.5, 0.6) is 5.75 Å². The van der Waals surface area contributed by atoms with Crippen LogP contribution in [0, 0.1) is 6.92 Å². The molecular formula is C18H25N3O3. The Bertz CT molecular complexity index is 752. The molecule has 0 unspecified atom stereocenters. The van der Waals surface area contributed by atoms with Gasteiger partial charge in [0.1, 0.15) is 12.5 Å². The number of nitrogens with one attached hydrogen (secondary N) is 1. The molecule has 0 radical (unpaired) electrons. The van der Waals surface area contributed by atoms with Crippen molar-refractivity contribution in [2.24, 2.45) is 0 Å². The first-order chi connectivity index (χ1) is 11.5. The number of nitrogens with zero attached hydrogens (tertiary/aromatic N) is 2. The van der Waals surface area contributed by atoms with E-state index in [4.69, 9.17) is 9.47 Å². The fourth-order valence-corrected chi connectivity index (χ4v) is 3.14. The van der Waals surface area contributed by atoms with Crippen LogP contribution in [-0.2, 0) is 11.3 Å². The number of aryl methyl sites for hydroxylation is 1. The minimum absolute atomic E-state index is 0.278. The highest BCUT2D eigenvalue weighted by Crippen LogP contribution is 2.35. The lowest BCUT2D eigenvalue weighted by atomic mass is 10.0. The minimum atomic E-state index is -0.278. The Morgan fingerprint density at radius 1 is 1.42 bits per heavy atom. The third-order valence-electron chi connectivity index (χ3n) is 4.34. The van der Waals surface area contributed by atoms with E-state index in [2.05, 4.69) is 28.9 Å². The maximum atomic E-state index is 12.4. The molecule has 130 valence electrons. The van der Waals surface area contributed by atoms with Gasteiger partial charge >= 0.3 is 5.97 Å². The first kappa shape index (κ1) is 16.8. The van der Waals surface area contributed by atoms with E-state index in [0.29, 0.717) is 18.9 Å². The zero-order valence-electron chi connectivity index (χ0n) is 14.8. The highest BCUT2D eigenvalue weighted by molar-refractivity contribution is 6.07. The molecule has 0 saturated heterocycles. The summed E-state index contributed by atoms with van der Waals surface area (Å²) in [6.45, 7) is 7.32. The van der Waals surface area contributed by atoms with Gasteiger partial charge in [-0.05, 0) is 40.1 Å². The number of rotatable bonds is 5. The molecule has 0 spiro atoms. The minimum Gasteiger partial charge on any atom is -0.478 e. The van der Waals surface area contributed by atoms with Crippen molar-refractivity contribution >= 4 is 16.9 Å². The van der Waals surface area contributed by atoms with Crippen molar-refractivity contribution < 1.29 is 14.3 Å². The summed E-state index contributed by atoms with van der Waals surface area (Å²) in [6, 6.07) is 3.95. The van der Waals surface area contributed by atoms with Crippen LogP contribution in [0.15, 0.2) is 12.1 Å². The van der Waals surface area contributed by atoms with E-state index in [0.717, 1.165) is 47.5 Å². The summed E-state index contributed by atoms with van der Waals surface area (Å²) >= 11 is 0. The van der Waals surface area contributed by atoms with Crippen LogP contribution in [0.2, 0.25) is 0 Å². The van der Waals surface area contributed by atoms with Crippen molar-refractivity contribution in [3.63, 3.8) is 0 Å². The number of carbonyl (C=O) groups excluding carboxylic acids is 1. The summed E-state index contributed by atoms with van der Waals surface area (Å²) in [5.74, 6) is 0.577. The van der Waals surface area contributed by atoms with Crippen molar-refractivity contribution in [2.45, 2.75) is 20.4 Å². The third-order valence-corrected chi connectivity index (χ3v) is 4.34. The molecule has 0 bridgehead atoms. The fraction of sp³-hybridized carbons (Fsp3) is 0.500. The molecule has 0 saturated carbocycles. The second-order valence-corrected chi connectivity index (χ2v) is 6.44. The molecular weight excluding hydrogens is 306 g/mol. The Kier molecular flexibility index (Phi) is 4.78. The molecule has 1 aliphatic rings. The number of carbonyl (C=O) groups is 1. The molecule has 1 aromatic carbocycles. The summed E-state index contributed by atoms with van der Waals surface area (Å²) in [5.41, 5.74) is 3.47. The third kappa shape index (κ3) is 3.12. The summed E-state index contributed by atoms with van der Waals surface area (Å²) in [7, 11) is 4.12. The molecule has 3 rings (SSSR count). The number of esters is 1. The van der Waals surface area contributed by atoms with Gasteiger partial charge in [-0.3, -0.25) is 4.90 Å². The van der Waals surface area contributed by atoms with Gasteiger partial charge in [-0.1, -0.05) is 0 Å². The highest BCUT2D eigenvalue weighted by Gasteiger charge is 2.26. The van der Waals surface area contributed by atoms with Crippen LogP contribution < -0.4 is 4.74 Å². The van der Waals surface area contributed by atoms with Gasteiger partial charge in [-0.15, -0.1) is 0 Å². The van der Waals surface area contributed by atoms with Crippen molar-refractivity contribution in [3.05, 3.63) is 29.0 Å². The zero-order chi connectivity index (χ0) is 17.3. The lowest BCUT2D eigenvalue weighted by molar-refractivity contribution is 0.0527. The van der Waals surface area contributed by atoms with Crippen LogP contribution in [0.1, 0.15) is 28.5 Å². The van der Waals surface area contributed by atoms with E-state index in [1.54, 1.807) is 0 Å².